The summed E-state index contributed by atoms with van der Waals surface area (Å²) in [6.07, 6.45) is 3.91. The van der Waals surface area contributed by atoms with Gasteiger partial charge in [-0.2, -0.15) is 0 Å². The van der Waals surface area contributed by atoms with E-state index in [9.17, 15) is 9.59 Å². The van der Waals surface area contributed by atoms with Crippen LogP contribution in [0.5, 0.6) is 0 Å². The van der Waals surface area contributed by atoms with E-state index in [4.69, 9.17) is 4.74 Å². The van der Waals surface area contributed by atoms with Crippen molar-refractivity contribution >= 4 is 11.9 Å². The number of Topliss-reactive ketones (excluding diaryl/α,β-unsaturated/α-hetero) is 1. The molecule has 1 heterocycles. The first-order valence-electron chi connectivity index (χ1n) is 7.08. The van der Waals surface area contributed by atoms with Gasteiger partial charge in [0, 0.05) is 25.9 Å². The minimum atomic E-state index is -0.635. The van der Waals surface area contributed by atoms with Crippen molar-refractivity contribution in [2.45, 2.75) is 51.2 Å². The SMILES string of the molecule is CN(C)/C=C1/CN(C(=O)OC(C)(C)C)C2(CCC2)C1=O. The number of hydrogen-bond acceptors (Lipinski definition) is 4. The molecule has 0 aromatic carbocycles. The van der Waals surface area contributed by atoms with Crippen molar-refractivity contribution in [2.24, 2.45) is 0 Å². The summed E-state index contributed by atoms with van der Waals surface area (Å²) < 4.78 is 5.45. The Balaban J connectivity index is 2.24. The molecule has 1 saturated heterocycles. The lowest BCUT2D eigenvalue weighted by Gasteiger charge is -2.43. The highest BCUT2D eigenvalue weighted by molar-refractivity contribution is 6.08. The Morgan fingerprint density at radius 2 is 1.95 bits per heavy atom. The maximum atomic E-state index is 12.6. The summed E-state index contributed by atoms with van der Waals surface area (Å²) in [6, 6.07) is 0. The standard InChI is InChI=1S/C15H24N2O3/c1-14(2,3)20-13(19)17-10-11(9-16(4)5)12(18)15(17)7-6-8-15/h9H,6-8,10H2,1-5H3/b11-9-. The smallest absolute Gasteiger partial charge is 0.411 e. The van der Waals surface area contributed by atoms with E-state index in [1.54, 1.807) is 4.90 Å². The normalized spacial score (nSPS) is 23.1. The summed E-state index contributed by atoms with van der Waals surface area (Å²) in [4.78, 5) is 28.4. The van der Waals surface area contributed by atoms with E-state index in [2.05, 4.69) is 0 Å². The molecule has 1 spiro atoms. The topological polar surface area (TPSA) is 49.9 Å². The number of rotatable bonds is 1. The van der Waals surface area contributed by atoms with Crippen LogP contribution >= 0.6 is 0 Å². The number of hydrogen-bond donors (Lipinski definition) is 0. The molecule has 1 amide bonds. The van der Waals surface area contributed by atoms with Crippen LogP contribution in [0, 0.1) is 0 Å². The number of likely N-dealkylation sites (tertiary alicyclic amines) is 1. The number of carbonyl (C=O) groups is 2. The molecule has 0 unspecified atom stereocenters. The van der Waals surface area contributed by atoms with Crippen molar-refractivity contribution in [1.29, 1.82) is 0 Å². The lowest BCUT2D eigenvalue weighted by molar-refractivity contribution is -0.127. The third-order valence-corrected chi connectivity index (χ3v) is 3.77. The second-order valence-electron chi connectivity index (χ2n) is 6.90. The van der Waals surface area contributed by atoms with Crippen LogP contribution in [0.1, 0.15) is 40.0 Å². The van der Waals surface area contributed by atoms with E-state index < -0.39 is 11.1 Å². The third-order valence-electron chi connectivity index (χ3n) is 3.77. The first-order chi connectivity index (χ1) is 9.16. The van der Waals surface area contributed by atoms with Gasteiger partial charge in [0.15, 0.2) is 5.78 Å². The van der Waals surface area contributed by atoms with Crippen molar-refractivity contribution in [1.82, 2.24) is 9.80 Å². The van der Waals surface area contributed by atoms with E-state index in [1.807, 2.05) is 46.0 Å². The highest BCUT2D eigenvalue weighted by Gasteiger charge is 2.57. The zero-order valence-electron chi connectivity index (χ0n) is 13.0. The molecule has 5 nitrogen and oxygen atoms in total. The maximum Gasteiger partial charge on any atom is 0.411 e. The Kier molecular flexibility index (Phi) is 3.56. The molecule has 2 fully saturated rings. The first-order valence-corrected chi connectivity index (χ1v) is 7.08. The van der Waals surface area contributed by atoms with Gasteiger partial charge in [-0.05, 0) is 40.0 Å². The summed E-state index contributed by atoms with van der Waals surface area (Å²) in [7, 11) is 3.76. The van der Waals surface area contributed by atoms with Crippen molar-refractivity contribution in [3.8, 4) is 0 Å². The van der Waals surface area contributed by atoms with Gasteiger partial charge in [-0.3, -0.25) is 9.69 Å². The van der Waals surface area contributed by atoms with Crippen LogP contribution in [-0.2, 0) is 9.53 Å². The zero-order chi connectivity index (χ0) is 15.1. The average Bonchev–Trinajstić information content (AvgIpc) is 2.48. The molecule has 1 aliphatic heterocycles. The van der Waals surface area contributed by atoms with Crippen molar-refractivity contribution < 1.29 is 14.3 Å². The van der Waals surface area contributed by atoms with Crippen LogP contribution in [-0.4, -0.2) is 53.5 Å². The third kappa shape index (κ3) is 2.53. The summed E-state index contributed by atoms with van der Waals surface area (Å²) in [6.45, 7) is 5.87. The zero-order valence-corrected chi connectivity index (χ0v) is 13.0. The molecule has 0 bridgehead atoms. The molecule has 0 atom stereocenters. The average molecular weight is 280 g/mol. The number of ketones is 1. The van der Waals surface area contributed by atoms with Crippen LogP contribution in [0.2, 0.25) is 0 Å². The minimum Gasteiger partial charge on any atom is -0.444 e. The highest BCUT2D eigenvalue weighted by atomic mass is 16.6. The molecular formula is C15H24N2O3. The second-order valence-corrected chi connectivity index (χ2v) is 6.90. The molecule has 0 aromatic rings. The molecule has 0 radical (unpaired) electrons. The predicted octanol–water partition coefficient (Wildman–Crippen LogP) is 2.17. The monoisotopic (exact) mass is 280 g/mol. The summed E-state index contributed by atoms with van der Waals surface area (Å²) in [5, 5.41) is 0. The summed E-state index contributed by atoms with van der Waals surface area (Å²) >= 11 is 0. The van der Waals surface area contributed by atoms with Gasteiger partial charge in [0.2, 0.25) is 0 Å². The van der Waals surface area contributed by atoms with E-state index in [0.29, 0.717) is 12.1 Å². The molecule has 0 N–H and O–H groups in total. The van der Waals surface area contributed by atoms with Gasteiger partial charge in [-0.15, -0.1) is 0 Å². The molecule has 112 valence electrons. The second kappa shape index (κ2) is 4.79. The fourth-order valence-corrected chi connectivity index (χ4v) is 2.79. The van der Waals surface area contributed by atoms with Crippen molar-refractivity contribution in [2.75, 3.05) is 20.6 Å². The van der Waals surface area contributed by atoms with Gasteiger partial charge in [0.25, 0.3) is 0 Å². The van der Waals surface area contributed by atoms with E-state index in [0.717, 1.165) is 19.3 Å². The Morgan fingerprint density at radius 1 is 1.35 bits per heavy atom. The lowest BCUT2D eigenvalue weighted by Crippen LogP contribution is -2.56. The van der Waals surface area contributed by atoms with Gasteiger partial charge in [0.05, 0.1) is 6.54 Å². The van der Waals surface area contributed by atoms with Gasteiger partial charge in [-0.1, -0.05) is 0 Å². The van der Waals surface area contributed by atoms with Crippen LogP contribution < -0.4 is 0 Å². The van der Waals surface area contributed by atoms with Gasteiger partial charge in [-0.25, -0.2) is 4.79 Å². The molecule has 5 heteroatoms. The van der Waals surface area contributed by atoms with Crippen LogP contribution in [0.25, 0.3) is 0 Å². The molecule has 1 aliphatic carbocycles. The molecule has 20 heavy (non-hydrogen) atoms. The Hall–Kier alpha value is -1.52. The van der Waals surface area contributed by atoms with Crippen LogP contribution in [0.15, 0.2) is 11.8 Å². The predicted molar refractivity (Wildman–Crippen MR) is 76.3 cm³/mol. The van der Waals surface area contributed by atoms with E-state index in [1.165, 1.54) is 0 Å². The minimum absolute atomic E-state index is 0.0864. The van der Waals surface area contributed by atoms with Gasteiger partial charge < -0.3 is 9.64 Å². The molecule has 2 aliphatic rings. The molecule has 1 saturated carbocycles. The van der Waals surface area contributed by atoms with Gasteiger partial charge >= 0.3 is 6.09 Å². The van der Waals surface area contributed by atoms with Crippen molar-refractivity contribution in [3.05, 3.63) is 11.8 Å². The Morgan fingerprint density at radius 3 is 2.35 bits per heavy atom. The van der Waals surface area contributed by atoms with Gasteiger partial charge in [0.1, 0.15) is 11.1 Å². The quantitative estimate of drug-likeness (QED) is 0.691. The van der Waals surface area contributed by atoms with E-state index >= 15 is 0 Å². The summed E-state index contributed by atoms with van der Waals surface area (Å²) in [5.41, 5.74) is -0.482. The highest BCUT2D eigenvalue weighted by Crippen LogP contribution is 2.45. The molecular weight excluding hydrogens is 256 g/mol. The number of ether oxygens (including phenoxy) is 1. The van der Waals surface area contributed by atoms with Crippen molar-refractivity contribution in [3.63, 3.8) is 0 Å². The maximum absolute atomic E-state index is 12.6. The lowest BCUT2D eigenvalue weighted by atomic mass is 9.73. The first kappa shape index (κ1) is 14.9. The molecule has 2 rings (SSSR count). The Bertz CT molecular complexity index is 456. The number of carbonyl (C=O) groups excluding carboxylic acids is 2. The molecule has 0 aromatic heterocycles. The number of amides is 1. The van der Waals surface area contributed by atoms with Crippen LogP contribution in [0.4, 0.5) is 4.79 Å². The fourth-order valence-electron chi connectivity index (χ4n) is 2.79. The summed E-state index contributed by atoms with van der Waals surface area (Å²) in [5.74, 6) is 0.0864. The largest absolute Gasteiger partial charge is 0.444 e. The number of nitrogens with zero attached hydrogens (tertiary/aromatic N) is 2. The Labute approximate surface area is 120 Å². The van der Waals surface area contributed by atoms with Crippen LogP contribution in [0.3, 0.4) is 0 Å². The van der Waals surface area contributed by atoms with E-state index in [-0.39, 0.29) is 11.9 Å². The fraction of sp³-hybridized carbons (Fsp3) is 0.733.